The molecule has 1 saturated heterocycles. The van der Waals surface area contributed by atoms with Gasteiger partial charge < -0.3 is 9.47 Å². The number of benzene rings is 1. The highest BCUT2D eigenvalue weighted by Gasteiger charge is 2.73. The van der Waals surface area contributed by atoms with Gasteiger partial charge in [-0.05, 0) is 36.2 Å². The van der Waals surface area contributed by atoms with Crippen molar-refractivity contribution < 1.29 is 24.0 Å². The van der Waals surface area contributed by atoms with E-state index in [1.165, 1.54) is 18.3 Å². The largest absolute Gasteiger partial charge is 0.454 e. The molecule has 2 saturated carbocycles. The van der Waals surface area contributed by atoms with Crippen molar-refractivity contribution in [1.29, 1.82) is 0 Å². The zero-order valence-corrected chi connectivity index (χ0v) is 14.6. The third-order valence-electron chi connectivity index (χ3n) is 6.86. The van der Waals surface area contributed by atoms with E-state index in [4.69, 9.17) is 9.47 Å². The minimum absolute atomic E-state index is 0.0168. The molecule has 1 aromatic rings. The Bertz CT molecular complexity index is 993. The van der Waals surface area contributed by atoms with Gasteiger partial charge in [0.15, 0.2) is 11.5 Å². The molecule has 3 fully saturated rings. The van der Waals surface area contributed by atoms with Crippen molar-refractivity contribution in [1.82, 2.24) is 5.01 Å². The monoisotopic (exact) mass is 381 g/mol. The normalized spacial score (nSPS) is 32.8. The molecule has 3 aliphatic carbocycles. The lowest BCUT2D eigenvalue weighted by Crippen LogP contribution is -2.30. The van der Waals surface area contributed by atoms with E-state index in [9.17, 15) is 19.7 Å². The van der Waals surface area contributed by atoms with Crippen LogP contribution in [0.15, 0.2) is 29.4 Å². The molecule has 0 radical (unpaired) electrons. The average Bonchev–Trinajstić information content (AvgIpc) is 2.97. The number of hydrogen-bond donors (Lipinski definition) is 0. The summed E-state index contributed by atoms with van der Waals surface area (Å²) in [6.45, 7) is -0.0168. The number of amides is 2. The summed E-state index contributed by atoms with van der Waals surface area (Å²) in [6, 6.07) is 2.69. The van der Waals surface area contributed by atoms with Crippen molar-refractivity contribution in [3.63, 3.8) is 0 Å². The van der Waals surface area contributed by atoms with Gasteiger partial charge in [0.25, 0.3) is 17.5 Å². The van der Waals surface area contributed by atoms with E-state index >= 15 is 0 Å². The highest BCUT2D eigenvalue weighted by molar-refractivity contribution is 6.07. The lowest BCUT2D eigenvalue weighted by Gasteiger charge is -2.18. The van der Waals surface area contributed by atoms with Gasteiger partial charge >= 0.3 is 0 Å². The molecule has 9 nitrogen and oxygen atoms in total. The lowest BCUT2D eigenvalue weighted by atomic mass is 9.85. The number of hydrazone groups is 1. The van der Waals surface area contributed by atoms with E-state index in [1.54, 1.807) is 0 Å². The number of fused-ring (bicyclic) bond motifs is 4. The summed E-state index contributed by atoms with van der Waals surface area (Å²) in [7, 11) is 0. The molecular weight excluding hydrogens is 366 g/mol. The molecule has 2 heterocycles. The summed E-state index contributed by atoms with van der Waals surface area (Å²) >= 11 is 0. The molecule has 6 rings (SSSR count). The summed E-state index contributed by atoms with van der Waals surface area (Å²) < 4.78 is 10.4. The molecule has 4 atom stereocenters. The molecule has 1 spiro atoms. The van der Waals surface area contributed by atoms with Gasteiger partial charge in [-0.2, -0.15) is 10.1 Å². The molecule has 0 unspecified atom stereocenters. The second-order valence-corrected chi connectivity index (χ2v) is 7.98. The first kappa shape index (κ1) is 15.8. The van der Waals surface area contributed by atoms with Gasteiger partial charge in [0.2, 0.25) is 6.79 Å². The standard InChI is InChI=1S/C19H15N3O6/c23-17-15-10-1-2-11(19(10)3-4-19)16(15)18(24)21(17)20-7-9-5-13-14(28-8-27-13)6-12(9)22(25)26/h1-2,5-7,10-11,15-16H,3-4,8H2/b20-7-/t10-,11-,15-,16-/m1/s1. The number of allylic oxidation sites excluding steroid dienone is 2. The number of imide groups is 1. The van der Waals surface area contributed by atoms with Gasteiger partial charge in [-0.15, -0.1) is 0 Å². The zero-order valence-electron chi connectivity index (χ0n) is 14.6. The van der Waals surface area contributed by atoms with Crippen molar-refractivity contribution >= 4 is 23.7 Å². The van der Waals surface area contributed by atoms with Crippen LogP contribution in [0.5, 0.6) is 11.5 Å². The van der Waals surface area contributed by atoms with Crippen molar-refractivity contribution in [2.45, 2.75) is 12.8 Å². The van der Waals surface area contributed by atoms with Crippen molar-refractivity contribution in [2.24, 2.45) is 34.2 Å². The number of rotatable bonds is 3. The number of hydrogen-bond acceptors (Lipinski definition) is 7. The smallest absolute Gasteiger partial charge is 0.282 e. The van der Waals surface area contributed by atoms with Crippen molar-refractivity contribution in [2.75, 3.05) is 6.79 Å². The van der Waals surface area contributed by atoms with Crippen LogP contribution in [0.4, 0.5) is 5.69 Å². The summed E-state index contributed by atoms with van der Waals surface area (Å²) in [4.78, 5) is 36.6. The number of nitro groups is 1. The van der Waals surface area contributed by atoms with Crippen LogP contribution in [0.25, 0.3) is 0 Å². The Morgan fingerprint density at radius 1 is 1.11 bits per heavy atom. The maximum atomic E-state index is 12.9. The van der Waals surface area contributed by atoms with E-state index in [0.717, 1.165) is 17.9 Å². The van der Waals surface area contributed by atoms with E-state index in [1.807, 2.05) is 0 Å². The molecule has 9 heteroatoms. The van der Waals surface area contributed by atoms with E-state index in [0.29, 0.717) is 5.75 Å². The molecule has 0 N–H and O–H groups in total. The Morgan fingerprint density at radius 3 is 2.29 bits per heavy atom. The lowest BCUT2D eigenvalue weighted by molar-refractivity contribution is -0.385. The van der Waals surface area contributed by atoms with E-state index in [-0.39, 0.29) is 64.7 Å². The maximum Gasteiger partial charge on any atom is 0.282 e. The topological polar surface area (TPSA) is 111 Å². The van der Waals surface area contributed by atoms with Gasteiger partial charge in [-0.25, -0.2) is 0 Å². The number of nitrogens with zero attached hydrogens (tertiary/aromatic N) is 3. The Kier molecular flexibility index (Phi) is 2.81. The summed E-state index contributed by atoms with van der Waals surface area (Å²) in [5.74, 6) is -0.457. The zero-order chi connectivity index (χ0) is 19.2. The van der Waals surface area contributed by atoms with Crippen LogP contribution in [0.1, 0.15) is 18.4 Å². The first-order chi connectivity index (χ1) is 13.5. The van der Waals surface area contributed by atoms with E-state index in [2.05, 4.69) is 17.3 Å². The number of carbonyl (C=O) groups excluding carboxylic acids is 2. The first-order valence-electron chi connectivity index (χ1n) is 9.19. The SMILES string of the molecule is O=C1[C@H]2[C@H](C(=O)N1/N=C\c1cc3c(cc1[N+](=O)[O-])OCO3)[C@H]1C=C[C@H]2C12CC2. The van der Waals surface area contributed by atoms with Crippen LogP contribution in [-0.4, -0.2) is 34.8 Å². The van der Waals surface area contributed by atoms with Crippen LogP contribution in [0, 0.1) is 39.2 Å². The van der Waals surface area contributed by atoms with Gasteiger partial charge in [0.05, 0.1) is 34.6 Å². The predicted octanol–water partition coefficient (Wildman–Crippen LogP) is 1.85. The number of nitro benzene ring substituents is 1. The fraction of sp³-hybridized carbons (Fsp3) is 0.421. The molecule has 2 bridgehead atoms. The van der Waals surface area contributed by atoms with Gasteiger partial charge in [-0.1, -0.05) is 12.2 Å². The minimum atomic E-state index is -0.563. The molecule has 142 valence electrons. The van der Waals surface area contributed by atoms with Crippen LogP contribution in [-0.2, 0) is 9.59 Å². The molecule has 0 aromatic heterocycles. The number of ether oxygens (including phenoxy) is 2. The van der Waals surface area contributed by atoms with Crippen LogP contribution in [0.2, 0.25) is 0 Å². The van der Waals surface area contributed by atoms with Gasteiger partial charge in [0.1, 0.15) is 0 Å². The third-order valence-corrected chi connectivity index (χ3v) is 6.86. The van der Waals surface area contributed by atoms with Gasteiger partial charge in [0, 0.05) is 0 Å². The quantitative estimate of drug-likeness (QED) is 0.260. The Hall–Kier alpha value is -3.23. The second kappa shape index (κ2) is 4.98. The number of carbonyl (C=O) groups is 2. The highest BCUT2D eigenvalue weighted by atomic mass is 16.7. The molecule has 2 aliphatic heterocycles. The third kappa shape index (κ3) is 1.78. The first-order valence-corrected chi connectivity index (χ1v) is 9.19. The van der Waals surface area contributed by atoms with Crippen LogP contribution in [0.3, 0.4) is 0 Å². The Balaban J connectivity index is 1.33. The second-order valence-electron chi connectivity index (χ2n) is 7.98. The molecule has 28 heavy (non-hydrogen) atoms. The van der Waals surface area contributed by atoms with Gasteiger partial charge in [-0.3, -0.25) is 19.7 Å². The summed E-state index contributed by atoms with van der Waals surface area (Å²) in [6.07, 6.45) is 7.48. The Labute approximate surface area is 158 Å². The van der Waals surface area contributed by atoms with Crippen LogP contribution >= 0.6 is 0 Å². The molecular formula is C19H15N3O6. The predicted molar refractivity (Wildman–Crippen MR) is 93.4 cm³/mol. The molecule has 2 amide bonds. The maximum absolute atomic E-state index is 12.9. The van der Waals surface area contributed by atoms with Crippen molar-refractivity contribution in [3.05, 3.63) is 40.0 Å². The molecule has 1 aromatic carbocycles. The summed E-state index contributed by atoms with van der Waals surface area (Å²) in [5, 5.41) is 16.3. The van der Waals surface area contributed by atoms with Crippen molar-refractivity contribution in [3.8, 4) is 11.5 Å². The summed E-state index contributed by atoms with van der Waals surface area (Å²) in [5.41, 5.74) is 0.0321. The minimum Gasteiger partial charge on any atom is -0.454 e. The average molecular weight is 381 g/mol. The fourth-order valence-corrected chi connectivity index (χ4v) is 5.50. The Morgan fingerprint density at radius 2 is 1.71 bits per heavy atom. The molecule has 5 aliphatic rings. The fourth-order valence-electron chi connectivity index (χ4n) is 5.50. The van der Waals surface area contributed by atoms with Crippen LogP contribution < -0.4 is 9.47 Å². The van der Waals surface area contributed by atoms with E-state index < -0.39 is 4.92 Å². The highest BCUT2D eigenvalue weighted by Crippen LogP contribution is 2.73.